The van der Waals surface area contributed by atoms with Crippen molar-refractivity contribution in [3.63, 3.8) is 0 Å². The van der Waals surface area contributed by atoms with E-state index in [4.69, 9.17) is 5.73 Å². The van der Waals surface area contributed by atoms with E-state index in [1.807, 2.05) is 0 Å². The van der Waals surface area contributed by atoms with Crippen LogP contribution in [0.3, 0.4) is 0 Å². The van der Waals surface area contributed by atoms with Crippen molar-refractivity contribution >= 4 is 0 Å². The first kappa shape index (κ1) is 21.5. The highest BCUT2D eigenvalue weighted by atomic mass is 19.4. The molecule has 2 atom stereocenters. The number of benzene rings is 1. The maximum atomic E-state index is 12.6. The van der Waals surface area contributed by atoms with E-state index >= 15 is 0 Å². The molecule has 0 amide bonds. The van der Waals surface area contributed by atoms with Gasteiger partial charge in [-0.3, -0.25) is 4.90 Å². The van der Waals surface area contributed by atoms with Crippen molar-refractivity contribution in [2.24, 2.45) is 5.73 Å². The quantitative estimate of drug-likeness (QED) is 0.558. The number of nitrogens with two attached hydrogens (primary N) is 1. The molecule has 0 unspecified atom stereocenters. The fraction of sp³-hybridized carbons (Fsp3) is 0.474. The fourth-order valence-electron chi connectivity index (χ4n) is 3.58. The topological polar surface area (TPSA) is 55.0 Å². The zero-order chi connectivity index (χ0) is 21.2. The number of alkyl halides is 3. The molecule has 10 heteroatoms. The molecule has 158 valence electrons. The van der Waals surface area contributed by atoms with Crippen LogP contribution in [0, 0.1) is 17.5 Å². The fourth-order valence-corrected chi connectivity index (χ4v) is 3.58. The summed E-state index contributed by atoms with van der Waals surface area (Å²) in [5.41, 5.74) is 7.28. The van der Waals surface area contributed by atoms with E-state index in [1.165, 1.54) is 6.20 Å². The molecule has 0 radical (unpaired) electrons. The summed E-state index contributed by atoms with van der Waals surface area (Å²) < 4.78 is 73.7. The minimum absolute atomic E-state index is 0.203. The first-order valence-electron chi connectivity index (χ1n) is 9.15. The van der Waals surface area contributed by atoms with Crippen molar-refractivity contribution in [2.45, 2.75) is 57.0 Å². The lowest BCUT2D eigenvalue weighted by Gasteiger charge is -2.33. The Hall–Kier alpha value is -2.20. The summed E-state index contributed by atoms with van der Waals surface area (Å²) in [6.07, 6.45) is 0.922. The van der Waals surface area contributed by atoms with Crippen LogP contribution in [0.2, 0.25) is 0 Å². The molecule has 1 aliphatic heterocycles. The molecule has 2 aliphatic rings. The minimum atomic E-state index is -4.48. The van der Waals surface area contributed by atoms with Gasteiger partial charge >= 0.3 is 6.18 Å². The third-order valence-electron chi connectivity index (χ3n) is 5.02. The van der Waals surface area contributed by atoms with Gasteiger partial charge in [-0.1, -0.05) is 6.42 Å². The lowest BCUT2D eigenvalue weighted by atomic mass is 9.91. The van der Waals surface area contributed by atoms with Crippen LogP contribution in [0.25, 0.3) is 0 Å². The number of fused-ring (bicyclic) bond motifs is 1. The number of aromatic nitrogens is 2. The smallest absolute Gasteiger partial charge is 0.328 e. The molecular formula is C19H20F6N4. The zero-order valence-electron chi connectivity index (χ0n) is 15.4. The van der Waals surface area contributed by atoms with Gasteiger partial charge in [-0.05, 0) is 31.4 Å². The number of hydrogen-bond donors (Lipinski definition) is 1. The first-order valence-corrected chi connectivity index (χ1v) is 9.15. The van der Waals surface area contributed by atoms with Crippen LogP contribution in [0.4, 0.5) is 26.3 Å². The van der Waals surface area contributed by atoms with Gasteiger partial charge in [0.25, 0.3) is 0 Å². The summed E-state index contributed by atoms with van der Waals surface area (Å²) in [7, 11) is 0. The lowest BCUT2D eigenvalue weighted by molar-refractivity contribution is -0.145. The normalized spacial score (nSPS) is 22.0. The SMILES string of the molecule is Fc1ccc(F)c(F)c1.N[C@@H]1CCC[C@H](N2Cc3cnc(C(F)(F)F)nc3C2)C1. The molecule has 4 rings (SSSR count). The van der Waals surface area contributed by atoms with E-state index in [2.05, 4.69) is 14.9 Å². The van der Waals surface area contributed by atoms with E-state index in [0.717, 1.165) is 43.4 Å². The zero-order valence-corrected chi connectivity index (χ0v) is 15.4. The Morgan fingerprint density at radius 2 is 1.79 bits per heavy atom. The largest absolute Gasteiger partial charge is 0.451 e. The van der Waals surface area contributed by atoms with Crippen molar-refractivity contribution < 1.29 is 26.3 Å². The van der Waals surface area contributed by atoms with E-state index < -0.39 is 29.5 Å². The molecule has 4 nitrogen and oxygen atoms in total. The Kier molecular flexibility index (Phi) is 6.42. The molecule has 2 heterocycles. The van der Waals surface area contributed by atoms with E-state index in [9.17, 15) is 26.3 Å². The second kappa shape index (κ2) is 8.66. The van der Waals surface area contributed by atoms with Crippen molar-refractivity contribution in [1.82, 2.24) is 14.9 Å². The van der Waals surface area contributed by atoms with Crippen LogP contribution >= 0.6 is 0 Å². The maximum Gasteiger partial charge on any atom is 0.451 e. The second-order valence-corrected chi connectivity index (χ2v) is 7.21. The van der Waals surface area contributed by atoms with Gasteiger partial charge in [0.15, 0.2) is 11.6 Å². The van der Waals surface area contributed by atoms with Crippen molar-refractivity contribution in [2.75, 3.05) is 0 Å². The highest BCUT2D eigenvalue weighted by Gasteiger charge is 2.37. The van der Waals surface area contributed by atoms with Crippen molar-refractivity contribution in [1.29, 1.82) is 0 Å². The van der Waals surface area contributed by atoms with Crippen LogP contribution in [-0.4, -0.2) is 27.0 Å². The predicted molar refractivity (Wildman–Crippen MR) is 92.8 cm³/mol. The van der Waals surface area contributed by atoms with E-state index in [-0.39, 0.29) is 6.04 Å². The Morgan fingerprint density at radius 3 is 2.41 bits per heavy atom. The average Bonchev–Trinajstić information content (AvgIpc) is 3.08. The standard InChI is InChI=1S/C13H17F3N4.C6H3F3/c14-13(15,16)12-18-5-8-6-20(7-11(8)19-12)10-3-1-2-9(17)4-10;7-4-1-2-5(8)6(9)3-4/h5,9-10H,1-4,6-7,17H2;1-3H/t9-,10+;/m1./s1. The van der Waals surface area contributed by atoms with Gasteiger partial charge in [-0.15, -0.1) is 0 Å². The van der Waals surface area contributed by atoms with Crippen LogP contribution < -0.4 is 5.73 Å². The third kappa shape index (κ3) is 5.45. The van der Waals surface area contributed by atoms with E-state index in [1.54, 1.807) is 0 Å². The van der Waals surface area contributed by atoms with Crippen LogP contribution in [0.15, 0.2) is 24.4 Å². The monoisotopic (exact) mass is 418 g/mol. The predicted octanol–water partition coefficient (Wildman–Crippen LogP) is 4.18. The molecule has 1 saturated carbocycles. The molecule has 2 N–H and O–H groups in total. The van der Waals surface area contributed by atoms with Crippen LogP contribution in [0.5, 0.6) is 0 Å². The highest BCUT2D eigenvalue weighted by molar-refractivity contribution is 5.23. The maximum absolute atomic E-state index is 12.6. The van der Waals surface area contributed by atoms with Crippen LogP contribution in [-0.2, 0) is 19.3 Å². The van der Waals surface area contributed by atoms with Crippen molar-refractivity contribution in [3.05, 3.63) is 58.9 Å². The Bertz CT molecular complexity index is 857. The molecule has 29 heavy (non-hydrogen) atoms. The van der Waals surface area contributed by atoms with Gasteiger partial charge in [0.1, 0.15) is 5.82 Å². The number of nitrogens with zero attached hydrogens (tertiary/aromatic N) is 3. The van der Waals surface area contributed by atoms with Gasteiger partial charge in [0.2, 0.25) is 5.82 Å². The molecule has 0 spiro atoms. The summed E-state index contributed by atoms with van der Waals surface area (Å²) in [6.45, 7) is 1.10. The summed E-state index contributed by atoms with van der Waals surface area (Å²) in [4.78, 5) is 9.29. The first-order chi connectivity index (χ1) is 13.6. The molecule has 1 aromatic heterocycles. The molecular weight excluding hydrogens is 398 g/mol. The average molecular weight is 418 g/mol. The molecule has 0 bridgehead atoms. The number of halogens is 6. The van der Waals surface area contributed by atoms with Crippen molar-refractivity contribution in [3.8, 4) is 0 Å². The van der Waals surface area contributed by atoms with Gasteiger partial charge in [-0.25, -0.2) is 23.1 Å². The van der Waals surface area contributed by atoms with Gasteiger partial charge in [0.05, 0.1) is 5.69 Å². The molecule has 1 aliphatic carbocycles. The Morgan fingerprint density at radius 1 is 1.03 bits per heavy atom. The van der Waals surface area contributed by atoms with Gasteiger partial charge < -0.3 is 5.73 Å². The summed E-state index contributed by atoms with van der Waals surface area (Å²) in [5, 5.41) is 0. The molecule has 0 saturated heterocycles. The second-order valence-electron chi connectivity index (χ2n) is 7.21. The number of rotatable bonds is 1. The Labute approximate surface area is 163 Å². The molecule has 1 aromatic carbocycles. The highest BCUT2D eigenvalue weighted by Crippen LogP contribution is 2.32. The third-order valence-corrected chi connectivity index (χ3v) is 5.02. The minimum Gasteiger partial charge on any atom is -0.328 e. The lowest BCUT2D eigenvalue weighted by Crippen LogP contribution is -2.40. The van der Waals surface area contributed by atoms with Gasteiger partial charge in [-0.2, -0.15) is 13.2 Å². The molecule has 1 fully saturated rings. The van der Waals surface area contributed by atoms with Crippen LogP contribution in [0.1, 0.15) is 42.8 Å². The summed E-state index contributed by atoms with van der Waals surface area (Å²) in [6, 6.07) is 2.65. The van der Waals surface area contributed by atoms with Gasteiger partial charge in [0, 0.05) is 43.0 Å². The summed E-state index contributed by atoms with van der Waals surface area (Å²) >= 11 is 0. The number of hydrogen-bond acceptors (Lipinski definition) is 4. The summed E-state index contributed by atoms with van der Waals surface area (Å²) in [5.74, 6) is -4.00. The molecule has 2 aromatic rings. The van der Waals surface area contributed by atoms with E-state index in [0.29, 0.717) is 30.9 Å². The Balaban J connectivity index is 0.000000224.